The molecule has 1 fully saturated rings. The van der Waals surface area contributed by atoms with Gasteiger partial charge in [-0.05, 0) is 36.4 Å². The van der Waals surface area contributed by atoms with Crippen molar-refractivity contribution in [3.63, 3.8) is 0 Å². The third-order valence-corrected chi connectivity index (χ3v) is 6.80. The second-order valence-electron chi connectivity index (χ2n) is 9.96. The summed E-state index contributed by atoms with van der Waals surface area (Å²) in [5.41, 5.74) is -0.662. The van der Waals surface area contributed by atoms with Crippen molar-refractivity contribution in [2.45, 2.75) is 31.5 Å². The van der Waals surface area contributed by atoms with Gasteiger partial charge in [-0.3, -0.25) is 14.2 Å². The van der Waals surface area contributed by atoms with Crippen molar-refractivity contribution in [1.29, 1.82) is 0 Å². The molecule has 0 bridgehead atoms. The standard InChI is InChI=1S/C33H27FN2O9/c1-20(37)35-25-17-27(38)36(18-24(25)34)30-29(45-33(41)23-15-9-4-10-16-23)28(44-32(40)22-13-7-3-8-14-22)26(43-30)19-42-31(39)21-11-5-2-6-12-21/h2-18,26,28-30H,19H2,1H3,(H,35,37)/t26-,28-,29-,30-/m1/s1. The molecule has 1 aliphatic rings. The maximum atomic E-state index is 15.1. The molecule has 3 aromatic carbocycles. The first-order valence-corrected chi connectivity index (χ1v) is 13.8. The Morgan fingerprint density at radius 2 is 1.27 bits per heavy atom. The van der Waals surface area contributed by atoms with Gasteiger partial charge in [0.1, 0.15) is 12.7 Å². The van der Waals surface area contributed by atoms with E-state index in [0.29, 0.717) is 0 Å². The highest BCUT2D eigenvalue weighted by atomic mass is 19.1. The van der Waals surface area contributed by atoms with Crippen molar-refractivity contribution >= 4 is 29.5 Å². The van der Waals surface area contributed by atoms with Gasteiger partial charge in [-0.2, -0.15) is 0 Å². The summed E-state index contributed by atoms with van der Waals surface area (Å²) in [5, 5.41) is 2.23. The number of nitrogens with one attached hydrogen (secondary N) is 1. The number of nitrogens with zero attached hydrogens (tertiary/aromatic N) is 1. The summed E-state index contributed by atoms with van der Waals surface area (Å²) in [5.74, 6) is -3.97. The van der Waals surface area contributed by atoms with E-state index in [0.717, 1.165) is 23.8 Å². The average molecular weight is 615 g/mol. The zero-order valence-electron chi connectivity index (χ0n) is 23.8. The zero-order chi connectivity index (χ0) is 31.9. The lowest BCUT2D eigenvalue weighted by molar-refractivity contribution is -0.114. The summed E-state index contributed by atoms with van der Waals surface area (Å²) in [6, 6.07) is 24.8. The van der Waals surface area contributed by atoms with Gasteiger partial charge in [-0.15, -0.1) is 0 Å². The Labute approximate surface area is 256 Å². The summed E-state index contributed by atoms with van der Waals surface area (Å²) >= 11 is 0. The Morgan fingerprint density at radius 1 is 0.778 bits per heavy atom. The zero-order valence-corrected chi connectivity index (χ0v) is 23.8. The van der Waals surface area contributed by atoms with Crippen LogP contribution in [0.1, 0.15) is 44.2 Å². The Morgan fingerprint density at radius 3 is 1.78 bits per heavy atom. The summed E-state index contributed by atoms with van der Waals surface area (Å²) in [4.78, 5) is 63.9. The van der Waals surface area contributed by atoms with Crippen molar-refractivity contribution < 1.29 is 42.5 Å². The molecule has 1 saturated heterocycles. The molecule has 4 aromatic rings. The van der Waals surface area contributed by atoms with Crippen LogP contribution in [0.15, 0.2) is 108 Å². The van der Waals surface area contributed by atoms with Crippen LogP contribution in [-0.4, -0.2) is 53.3 Å². The highest BCUT2D eigenvalue weighted by molar-refractivity contribution is 5.91. The molecule has 1 aliphatic heterocycles. The van der Waals surface area contributed by atoms with Gasteiger partial charge in [0, 0.05) is 19.2 Å². The third kappa shape index (κ3) is 7.31. The third-order valence-electron chi connectivity index (χ3n) is 6.80. The van der Waals surface area contributed by atoms with Crippen molar-refractivity contribution in [2.75, 3.05) is 11.9 Å². The summed E-state index contributed by atoms with van der Waals surface area (Å²) in [6.45, 7) is 0.661. The predicted molar refractivity (Wildman–Crippen MR) is 157 cm³/mol. The summed E-state index contributed by atoms with van der Waals surface area (Å²) < 4.78 is 39.0. The van der Waals surface area contributed by atoms with Gasteiger partial charge in [0.15, 0.2) is 24.3 Å². The number of rotatable bonds is 9. The maximum Gasteiger partial charge on any atom is 0.338 e. The van der Waals surface area contributed by atoms with Gasteiger partial charge in [0.05, 0.1) is 22.4 Å². The molecular formula is C33H27FN2O9. The van der Waals surface area contributed by atoms with E-state index in [4.69, 9.17) is 18.9 Å². The van der Waals surface area contributed by atoms with E-state index in [1.807, 2.05) is 0 Å². The van der Waals surface area contributed by atoms with Crippen LogP contribution in [0.3, 0.4) is 0 Å². The Bertz CT molecular complexity index is 1750. The fourth-order valence-electron chi connectivity index (χ4n) is 4.69. The van der Waals surface area contributed by atoms with Gasteiger partial charge < -0.3 is 24.3 Å². The number of aromatic nitrogens is 1. The van der Waals surface area contributed by atoms with E-state index in [-0.39, 0.29) is 22.4 Å². The van der Waals surface area contributed by atoms with E-state index in [2.05, 4.69) is 5.32 Å². The highest BCUT2D eigenvalue weighted by Crippen LogP contribution is 2.35. The van der Waals surface area contributed by atoms with Crippen LogP contribution in [0.25, 0.3) is 0 Å². The molecule has 4 atom stereocenters. The number of hydrogen-bond acceptors (Lipinski definition) is 9. The molecule has 11 nitrogen and oxygen atoms in total. The Hall–Kier alpha value is -5.62. The molecule has 1 amide bonds. The van der Waals surface area contributed by atoms with Crippen LogP contribution < -0.4 is 10.9 Å². The van der Waals surface area contributed by atoms with E-state index < -0.39 is 66.3 Å². The summed E-state index contributed by atoms with van der Waals surface area (Å²) in [7, 11) is 0. The number of halogens is 1. The van der Waals surface area contributed by atoms with Crippen LogP contribution >= 0.6 is 0 Å². The summed E-state index contributed by atoms with van der Waals surface area (Å²) in [6.07, 6.45) is -4.98. The number of esters is 3. The molecule has 5 rings (SSSR count). The largest absolute Gasteiger partial charge is 0.459 e. The maximum absolute atomic E-state index is 15.1. The molecule has 0 aliphatic carbocycles. The number of anilines is 1. The lowest BCUT2D eigenvalue weighted by atomic mass is 10.1. The molecule has 0 radical (unpaired) electrons. The van der Waals surface area contributed by atoms with Crippen LogP contribution in [0.4, 0.5) is 10.1 Å². The average Bonchev–Trinajstić information content (AvgIpc) is 3.38. The Balaban J connectivity index is 1.53. The molecule has 1 N–H and O–H groups in total. The fraction of sp³-hybridized carbons (Fsp3) is 0.182. The first kappa shape index (κ1) is 30.8. The highest BCUT2D eigenvalue weighted by Gasteiger charge is 2.51. The fourth-order valence-corrected chi connectivity index (χ4v) is 4.69. The second kappa shape index (κ2) is 13.8. The first-order valence-electron chi connectivity index (χ1n) is 13.8. The van der Waals surface area contributed by atoms with Crippen LogP contribution in [0.5, 0.6) is 0 Å². The second-order valence-corrected chi connectivity index (χ2v) is 9.96. The van der Waals surface area contributed by atoms with Gasteiger partial charge in [-0.25, -0.2) is 18.8 Å². The van der Waals surface area contributed by atoms with E-state index in [1.54, 1.807) is 54.6 Å². The van der Waals surface area contributed by atoms with Gasteiger partial charge in [0.2, 0.25) is 5.91 Å². The van der Waals surface area contributed by atoms with E-state index >= 15 is 4.39 Å². The van der Waals surface area contributed by atoms with Gasteiger partial charge >= 0.3 is 17.9 Å². The minimum atomic E-state index is -1.54. The quantitative estimate of drug-likeness (QED) is 0.218. The molecule has 0 unspecified atom stereocenters. The van der Waals surface area contributed by atoms with Crippen LogP contribution in [-0.2, 0) is 23.7 Å². The lowest BCUT2D eigenvalue weighted by Gasteiger charge is -2.25. The number of hydrogen-bond donors (Lipinski definition) is 1. The molecule has 0 spiro atoms. The number of amides is 1. The molecule has 230 valence electrons. The van der Waals surface area contributed by atoms with E-state index in [1.165, 1.54) is 36.4 Å². The number of benzene rings is 3. The molecule has 45 heavy (non-hydrogen) atoms. The SMILES string of the molecule is CC(=O)Nc1cc(=O)n([C@@H]2O[C@H](COC(=O)c3ccccc3)[C@@H](OC(=O)c3ccccc3)[C@H]2OC(=O)c2ccccc2)cc1F. The van der Waals surface area contributed by atoms with Crippen LogP contribution in [0, 0.1) is 5.82 Å². The van der Waals surface area contributed by atoms with Crippen molar-refractivity contribution in [3.8, 4) is 0 Å². The van der Waals surface area contributed by atoms with Crippen molar-refractivity contribution in [1.82, 2.24) is 4.57 Å². The normalized spacial score (nSPS) is 18.9. The Kier molecular flexibility index (Phi) is 9.44. The molecule has 2 heterocycles. The molecule has 1 aromatic heterocycles. The van der Waals surface area contributed by atoms with Crippen molar-refractivity contribution in [3.05, 3.63) is 136 Å². The van der Waals surface area contributed by atoms with Crippen molar-refractivity contribution in [2.24, 2.45) is 0 Å². The number of carbonyl (C=O) groups is 4. The first-order chi connectivity index (χ1) is 21.7. The smallest absolute Gasteiger partial charge is 0.338 e. The minimum Gasteiger partial charge on any atom is -0.459 e. The molecule has 0 saturated carbocycles. The number of ether oxygens (including phenoxy) is 4. The predicted octanol–water partition coefficient (Wildman–Crippen LogP) is 4.15. The number of pyridine rings is 1. The van der Waals surface area contributed by atoms with Gasteiger partial charge in [-0.1, -0.05) is 54.6 Å². The van der Waals surface area contributed by atoms with E-state index in [9.17, 15) is 24.0 Å². The number of carbonyl (C=O) groups excluding carboxylic acids is 4. The van der Waals surface area contributed by atoms with Gasteiger partial charge in [0.25, 0.3) is 5.56 Å². The molecular weight excluding hydrogens is 587 g/mol. The monoisotopic (exact) mass is 614 g/mol. The molecule has 12 heteroatoms. The topological polar surface area (TPSA) is 139 Å². The minimum absolute atomic E-state index is 0.142. The lowest BCUT2D eigenvalue weighted by Crippen LogP contribution is -2.42. The van der Waals surface area contributed by atoms with Crippen LogP contribution in [0.2, 0.25) is 0 Å².